The third-order valence-electron chi connectivity index (χ3n) is 1.75. The summed E-state index contributed by atoms with van der Waals surface area (Å²) < 4.78 is 0. The van der Waals surface area contributed by atoms with Crippen molar-refractivity contribution in [2.75, 3.05) is 18.8 Å². The van der Waals surface area contributed by atoms with Gasteiger partial charge in [0.15, 0.2) is 0 Å². The number of amides is 1. The van der Waals surface area contributed by atoms with Gasteiger partial charge in [-0.25, -0.2) is 0 Å². The van der Waals surface area contributed by atoms with Crippen LogP contribution < -0.4 is 0 Å². The highest BCUT2D eigenvalue weighted by Crippen LogP contribution is 2.13. The summed E-state index contributed by atoms with van der Waals surface area (Å²) in [4.78, 5) is 23.9. The molecule has 0 aromatic heterocycles. The molecule has 1 N–H and O–H groups in total. The van der Waals surface area contributed by atoms with Crippen LogP contribution in [0.25, 0.3) is 0 Å². The highest BCUT2D eigenvalue weighted by Gasteiger charge is 2.17. The van der Waals surface area contributed by atoms with Gasteiger partial charge in [-0.1, -0.05) is 39.5 Å². The van der Waals surface area contributed by atoms with Crippen LogP contribution in [-0.2, 0) is 4.79 Å². The molecule has 0 radical (unpaired) electrons. The summed E-state index contributed by atoms with van der Waals surface area (Å²) in [5.41, 5.74) is 0. The van der Waals surface area contributed by atoms with Crippen molar-refractivity contribution in [1.29, 1.82) is 0 Å². The van der Waals surface area contributed by atoms with Crippen LogP contribution in [0.1, 0.15) is 27.7 Å². The van der Waals surface area contributed by atoms with Gasteiger partial charge < -0.3 is 10.0 Å². The standard InChI is InChI=1S/C11H21NO3S/c1-8(2)5-12(6-9(3)4)11(15)16-7-10(13)14/h8-9H,5-7H2,1-4H3,(H,13,14). The molecule has 0 aromatic carbocycles. The summed E-state index contributed by atoms with van der Waals surface area (Å²) in [6, 6.07) is 0. The van der Waals surface area contributed by atoms with Crippen molar-refractivity contribution in [2.45, 2.75) is 27.7 Å². The Morgan fingerprint density at radius 3 is 1.88 bits per heavy atom. The molecule has 0 aliphatic carbocycles. The minimum atomic E-state index is -0.951. The van der Waals surface area contributed by atoms with Gasteiger partial charge in [0.05, 0.1) is 0 Å². The molecule has 0 fully saturated rings. The average molecular weight is 247 g/mol. The smallest absolute Gasteiger partial charge is 0.314 e. The van der Waals surface area contributed by atoms with E-state index in [4.69, 9.17) is 5.11 Å². The second-order valence-corrected chi connectivity index (χ2v) is 5.57. The Morgan fingerprint density at radius 2 is 1.56 bits per heavy atom. The zero-order valence-electron chi connectivity index (χ0n) is 10.4. The number of hydrogen-bond acceptors (Lipinski definition) is 3. The van der Waals surface area contributed by atoms with Gasteiger partial charge in [-0.05, 0) is 11.8 Å². The third kappa shape index (κ3) is 7.56. The second-order valence-electron chi connectivity index (χ2n) is 4.64. The van der Waals surface area contributed by atoms with Crippen LogP contribution in [0.5, 0.6) is 0 Å². The van der Waals surface area contributed by atoms with Crippen molar-refractivity contribution < 1.29 is 14.7 Å². The molecule has 0 unspecified atom stereocenters. The molecule has 0 spiro atoms. The number of nitrogens with zero attached hydrogens (tertiary/aromatic N) is 1. The van der Waals surface area contributed by atoms with Gasteiger partial charge >= 0.3 is 5.97 Å². The number of thioether (sulfide) groups is 1. The minimum Gasteiger partial charge on any atom is -0.481 e. The number of hydrogen-bond donors (Lipinski definition) is 1. The van der Waals surface area contributed by atoms with Crippen LogP contribution in [0.3, 0.4) is 0 Å². The number of rotatable bonds is 6. The molecular weight excluding hydrogens is 226 g/mol. The first-order chi connectivity index (χ1) is 7.32. The maximum Gasteiger partial charge on any atom is 0.314 e. The number of aliphatic carboxylic acids is 1. The van der Waals surface area contributed by atoms with E-state index < -0.39 is 5.97 Å². The molecular formula is C11H21NO3S. The normalized spacial score (nSPS) is 10.9. The fraction of sp³-hybridized carbons (Fsp3) is 0.818. The van der Waals surface area contributed by atoms with Gasteiger partial charge in [-0.2, -0.15) is 0 Å². The van der Waals surface area contributed by atoms with Crippen molar-refractivity contribution in [3.63, 3.8) is 0 Å². The van der Waals surface area contributed by atoms with Gasteiger partial charge in [-0.3, -0.25) is 9.59 Å². The lowest BCUT2D eigenvalue weighted by molar-refractivity contribution is -0.133. The zero-order chi connectivity index (χ0) is 12.7. The van der Waals surface area contributed by atoms with E-state index in [0.29, 0.717) is 24.9 Å². The van der Waals surface area contributed by atoms with E-state index in [1.165, 1.54) is 0 Å². The first kappa shape index (κ1) is 15.3. The number of carbonyl (C=O) groups is 2. The van der Waals surface area contributed by atoms with Crippen molar-refractivity contribution in [1.82, 2.24) is 4.90 Å². The maximum absolute atomic E-state index is 11.7. The predicted molar refractivity (Wildman–Crippen MR) is 66.7 cm³/mol. The fourth-order valence-electron chi connectivity index (χ4n) is 1.32. The van der Waals surface area contributed by atoms with E-state index in [1.807, 2.05) is 27.7 Å². The molecule has 16 heavy (non-hydrogen) atoms. The van der Waals surface area contributed by atoms with Crippen LogP contribution in [0.2, 0.25) is 0 Å². The topological polar surface area (TPSA) is 57.6 Å². The molecule has 1 amide bonds. The lowest BCUT2D eigenvalue weighted by Gasteiger charge is -2.25. The molecule has 0 saturated heterocycles. The SMILES string of the molecule is CC(C)CN(CC(C)C)C(=O)SCC(=O)O. The maximum atomic E-state index is 11.7. The molecule has 5 heteroatoms. The Bertz CT molecular complexity index is 231. The molecule has 0 aliphatic heterocycles. The summed E-state index contributed by atoms with van der Waals surface area (Å²) in [5.74, 6) is -0.320. The minimum absolute atomic E-state index is 0.134. The van der Waals surface area contributed by atoms with Crippen molar-refractivity contribution in [3.8, 4) is 0 Å². The molecule has 0 rings (SSSR count). The first-order valence-electron chi connectivity index (χ1n) is 5.46. The molecule has 0 aromatic rings. The zero-order valence-corrected chi connectivity index (χ0v) is 11.2. The largest absolute Gasteiger partial charge is 0.481 e. The van der Waals surface area contributed by atoms with Crippen LogP contribution in [0.15, 0.2) is 0 Å². The highest BCUT2D eigenvalue weighted by molar-refractivity contribution is 8.14. The van der Waals surface area contributed by atoms with Gasteiger partial charge in [0.1, 0.15) is 5.75 Å². The molecule has 0 bridgehead atoms. The van der Waals surface area contributed by atoms with Crippen LogP contribution in [0.4, 0.5) is 4.79 Å². The fourth-order valence-corrected chi connectivity index (χ4v) is 1.90. The van der Waals surface area contributed by atoms with E-state index in [-0.39, 0.29) is 11.0 Å². The monoisotopic (exact) mass is 247 g/mol. The van der Waals surface area contributed by atoms with E-state index in [1.54, 1.807) is 4.90 Å². The third-order valence-corrected chi connectivity index (χ3v) is 2.64. The van der Waals surface area contributed by atoms with Crippen molar-refractivity contribution in [3.05, 3.63) is 0 Å². The molecule has 94 valence electrons. The number of carboxylic acids is 1. The van der Waals surface area contributed by atoms with Gasteiger partial charge in [0.2, 0.25) is 0 Å². The van der Waals surface area contributed by atoms with Crippen molar-refractivity contribution in [2.24, 2.45) is 11.8 Å². The van der Waals surface area contributed by atoms with E-state index in [0.717, 1.165) is 11.8 Å². The summed E-state index contributed by atoms with van der Waals surface area (Å²) in [6.45, 7) is 9.54. The van der Waals surface area contributed by atoms with E-state index in [9.17, 15) is 9.59 Å². The molecule has 4 nitrogen and oxygen atoms in total. The summed E-state index contributed by atoms with van der Waals surface area (Å²) in [6.07, 6.45) is 0. The Kier molecular flexibility index (Phi) is 7.21. The van der Waals surface area contributed by atoms with Gasteiger partial charge in [0.25, 0.3) is 5.24 Å². The Morgan fingerprint density at radius 1 is 1.12 bits per heavy atom. The molecule has 0 atom stereocenters. The van der Waals surface area contributed by atoms with Crippen LogP contribution in [0, 0.1) is 11.8 Å². The van der Waals surface area contributed by atoms with Crippen molar-refractivity contribution >= 4 is 23.0 Å². The van der Waals surface area contributed by atoms with Gasteiger partial charge in [-0.15, -0.1) is 0 Å². The Balaban J connectivity index is 4.25. The predicted octanol–water partition coefficient (Wildman–Crippen LogP) is 2.54. The quantitative estimate of drug-likeness (QED) is 0.783. The average Bonchev–Trinajstić information content (AvgIpc) is 2.11. The lowest BCUT2D eigenvalue weighted by Crippen LogP contribution is -2.34. The van der Waals surface area contributed by atoms with Crippen LogP contribution in [-0.4, -0.2) is 40.1 Å². The second kappa shape index (κ2) is 7.54. The number of carbonyl (C=O) groups excluding carboxylic acids is 1. The molecule has 0 heterocycles. The Labute approximate surface area is 101 Å². The number of carboxylic acid groups (broad SMARTS) is 1. The molecule has 0 saturated carbocycles. The van der Waals surface area contributed by atoms with E-state index in [2.05, 4.69) is 0 Å². The summed E-state index contributed by atoms with van der Waals surface area (Å²) in [5, 5.41) is 8.38. The lowest BCUT2D eigenvalue weighted by atomic mass is 10.1. The summed E-state index contributed by atoms with van der Waals surface area (Å²) in [7, 11) is 0. The molecule has 0 aliphatic rings. The highest BCUT2D eigenvalue weighted by atomic mass is 32.2. The first-order valence-corrected chi connectivity index (χ1v) is 6.45. The van der Waals surface area contributed by atoms with Crippen LogP contribution >= 0.6 is 11.8 Å². The Hall–Kier alpha value is -0.710. The van der Waals surface area contributed by atoms with E-state index >= 15 is 0 Å². The van der Waals surface area contributed by atoms with Gasteiger partial charge in [0, 0.05) is 13.1 Å². The summed E-state index contributed by atoms with van der Waals surface area (Å²) >= 11 is 0.864.